The van der Waals surface area contributed by atoms with Crippen LogP contribution in [0.5, 0.6) is 0 Å². The number of carbonyl (C=O) groups excluding carboxylic acids is 2. The van der Waals surface area contributed by atoms with Gasteiger partial charge in [0.2, 0.25) is 0 Å². The average Bonchev–Trinajstić information content (AvgIpc) is 3.08. The summed E-state index contributed by atoms with van der Waals surface area (Å²) in [5.74, 6) is -1.05. The van der Waals surface area contributed by atoms with Gasteiger partial charge in [-0.2, -0.15) is 5.10 Å². The van der Waals surface area contributed by atoms with Gasteiger partial charge in [0.1, 0.15) is 10.7 Å². The highest BCUT2D eigenvalue weighted by Crippen LogP contribution is 2.33. The van der Waals surface area contributed by atoms with Gasteiger partial charge in [-0.15, -0.1) is 11.3 Å². The summed E-state index contributed by atoms with van der Waals surface area (Å²) in [6, 6.07) is 0. The number of anilines is 2. The molecule has 0 unspecified atom stereocenters. The van der Waals surface area contributed by atoms with Gasteiger partial charge in [-0.1, -0.05) is 0 Å². The lowest BCUT2D eigenvalue weighted by molar-refractivity contribution is 0.0601. The molecule has 8 nitrogen and oxygen atoms in total. The molecule has 0 aromatic carbocycles. The van der Waals surface area contributed by atoms with Crippen molar-refractivity contribution >= 4 is 51.2 Å². The molecule has 0 spiro atoms. The summed E-state index contributed by atoms with van der Waals surface area (Å²) in [6.07, 6.45) is 1.48. The lowest BCUT2D eigenvalue weighted by Crippen LogP contribution is -2.24. The van der Waals surface area contributed by atoms with Crippen molar-refractivity contribution in [2.24, 2.45) is 5.73 Å². The highest BCUT2D eigenvalue weighted by molar-refractivity contribution is 7.80. The van der Waals surface area contributed by atoms with Crippen molar-refractivity contribution in [2.45, 2.75) is 27.3 Å². The Bertz CT molecular complexity index is 841. The molecule has 2 rings (SSSR count). The van der Waals surface area contributed by atoms with E-state index in [9.17, 15) is 9.59 Å². The molecule has 0 bridgehead atoms. The Morgan fingerprint density at radius 2 is 2.08 bits per heavy atom. The van der Waals surface area contributed by atoms with Crippen molar-refractivity contribution < 1.29 is 14.3 Å². The van der Waals surface area contributed by atoms with Gasteiger partial charge in [0.25, 0.3) is 5.91 Å². The molecule has 0 radical (unpaired) electrons. The number of nitrogens with zero attached hydrogens (tertiary/aromatic N) is 2. The lowest BCUT2D eigenvalue weighted by atomic mass is 10.1. The second kappa shape index (κ2) is 7.62. The summed E-state index contributed by atoms with van der Waals surface area (Å²) < 4.78 is 6.31. The van der Waals surface area contributed by atoms with Gasteiger partial charge in [-0.3, -0.25) is 9.48 Å². The molecule has 2 heterocycles. The zero-order chi connectivity index (χ0) is 18.7. The summed E-state index contributed by atoms with van der Waals surface area (Å²) in [6.45, 7) is 6.09. The number of ether oxygens (including phenoxy) is 1. The summed E-state index contributed by atoms with van der Waals surface area (Å²) in [5.41, 5.74) is 7.31. The number of rotatable bonds is 5. The van der Waals surface area contributed by atoms with Gasteiger partial charge >= 0.3 is 5.97 Å². The number of hydrogen-bond donors (Lipinski definition) is 3. The maximum absolute atomic E-state index is 12.0. The van der Waals surface area contributed by atoms with Gasteiger partial charge in [0, 0.05) is 11.4 Å². The second-order valence-electron chi connectivity index (χ2n) is 5.14. The number of aryl methyl sites for hydroxylation is 2. The Morgan fingerprint density at radius 3 is 2.64 bits per heavy atom. The third-order valence-electron chi connectivity index (χ3n) is 3.62. The number of esters is 1. The van der Waals surface area contributed by atoms with E-state index in [-0.39, 0.29) is 10.8 Å². The Hall–Kier alpha value is -2.46. The molecule has 0 saturated heterocycles. The SMILES string of the molecule is CCn1ncc(NC(=S)Nc2sc(C)c(C)c2C(=O)OC)c1C(N)=O. The van der Waals surface area contributed by atoms with Crippen LogP contribution in [0.3, 0.4) is 0 Å². The van der Waals surface area contributed by atoms with E-state index in [4.69, 9.17) is 22.7 Å². The molecule has 4 N–H and O–H groups in total. The Kier molecular flexibility index (Phi) is 5.75. The van der Waals surface area contributed by atoms with Crippen LogP contribution in [0.25, 0.3) is 0 Å². The van der Waals surface area contributed by atoms with E-state index in [2.05, 4.69) is 15.7 Å². The van der Waals surface area contributed by atoms with E-state index < -0.39 is 11.9 Å². The van der Waals surface area contributed by atoms with Crippen molar-refractivity contribution in [3.05, 3.63) is 27.9 Å². The standard InChI is InChI=1S/C15H19N5O3S2/c1-5-20-11(12(16)21)9(6-17-20)18-15(24)19-13-10(14(22)23-4)7(2)8(3)25-13/h6H,5H2,1-4H3,(H2,16,21)(H2,18,19,24). The third-order valence-corrected chi connectivity index (χ3v) is 4.95. The highest BCUT2D eigenvalue weighted by atomic mass is 32.1. The fraction of sp³-hybridized carbons (Fsp3) is 0.333. The topological polar surface area (TPSA) is 111 Å². The Balaban J connectivity index is 2.25. The number of carbonyl (C=O) groups is 2. The zero-order valence-corrected chi connectivity index (χ0v) is 15.9. The van der Waals surface area contributed by atoms with Crippen molar-refractivity contribution in [3.63, 3.8) is 0 Å². The minimum Gasteiger partial charge on any atom is -0.465 e. The monoisotopic (exact) mass is 381 g/mol. The molecule has 0 atom stereocenters. The molecule has 2 aromatic rings. The van der Waals surface area contributed by atoms with Gasteiger partial charge < -0.3 is 21.1 Å². The van der Waals surface area contributed by atoms with Crippen LogP contribution < -0.4 is 16.4 Å². The van der Waals surface area contributed by atoms with Gasteiger partial charge in [-0.25, -0.2) is 4.79 Å². The van der Waals surface area contributed by atoms with E-state index in [1.165, 1.54) is 29.3 Å². The van der Waals surface area contributed by atoms with Crippen LogP contribution in [0.1, 0.15) is 38.2 Å². The molecule has 10 heteroatoms. The molecule has 134 valence electrons. The number of primary amides is 1. The fourth-order valence-electron chi connectivity index (χ4n) is 2.30. The minimum absolute atomic E-state index is 0.213. The molecule has 0 aliphatic rings. The van der Waals surface area contributed by atoms with E-state index in [0.29, 0.717) is 22.8 Å². The van der Waals surface area contributed by atoms with Crippen LogP contribution in [0.15, 0.2) is 6.20 Å². The number of hydrogen-bond acceptors (Lipinski definition) is 6. The summed E-state index contributed by atoms with van der Waals surface area (Å²) in [7, 11) is 1.33. The van der Waals surface area contributed by atoms with Crippen LogP contribution in [-0.4, -0.2) is 33.9 Å². The normalized spacial score (nSPS) is 10.4. The first-order valence-corrected chi connectivity index (χ1v) is 8.64. The van der Waals surface area contributed by atoms with Gasteiger partial charge in [0.05, 0.1) is 24.6 Å². The number of thiocarbonyl (C=S) groups is 1. The smallest absolute Gasteiger partial charge is 0.341 e. The third kappa shape index (κ3) is 3.80. The van der Waals surface area contributed by atoms with Crippen LogP contribution in [-0.2, 0) is 11.3 Å². The zero-order valence-electron chi connectivity index (χ0n) is 14.3. The predicted molar refractivity (Wildman–Crippen MR) is 101 cm³/mol. The molecule has 0 aliphatic heterocycles. The molecule has 2 aromatic heterocycles. The fourth-order valence-corrected chi connectivity index (χ4v) is 3.63. The maximum Gasteiger partial charge on any atom is 0.341 e. The van der Waals surface area contributed by atoms with Crippen molar-refractivity contribution in [1.82, 2.24) is 9.78 Å². The number of aromatic nitrogens is 2. The maximum atomic E-state index is 12.0. The Labute approximate surface area is 154 Å². The van der Waals surface area contributed by atoms with Crippen LogP contribution in [0.4, 0.5) is 10.7 Å². The van der Waals surface area contributed by atoms with Crippen molar-refractivity contribution in [3.8, 4) is 0 Å². The second-order valence-corrected chi connectivity index (χ2v) is 6.78. The largest absolute Gasteiger partial charge is 0.465 e. The Morgan fingerprint density at radius 1 is 1.40 bits per heavy atom. The van der Waals surface area contributed by atoms with Crippen molar-refractivity contribution in [1.29, 1.82) is 0 Å². The van der Waals surface area contributed by atoms with E-state index in [0.717, 1.165) is 10.4 Å². The minimum atomic E-state index is -0.609. The number of nitrogens with two attached hydrogens (primary N) is 1. The summed E-state index contributed by atoms with van der Waals surface area (Å²) in [4.78, 5) is 24.6. The first-order valence-electron chi connectivity index (χ1n) is 7.42. The molecule has 25 heavy (non-hydrogen) atoms. The lowest BCUT2D eigenvalue weighted by Gasteiger charge is -2.11. The summed E-state index contributed by atoms with van der Waals surface area (Å²) in [5, 5.41) is 10.7. The number of nitrogens with one attached hydrogen (secondary N) is 2. The average molecular weight is 381 g/mol. The quantitative estimate of drug-likeness (QED) is 0.538. The van der Waals surface area contributed by atoms with Crippen molar-refractivity contribution in [2.75, 3.05) is 17.7 Å². The molecule has 1 amide bonds. The molecular formula is C15H19N5O3S2. The van der Waals surface area contributed by atoms with Crippen LogP contribution >= 0.6 is 23.6 Å². The van der Waals surface area contributed by atoms with Gasteiger partial charge in [-0.05, 0) is 38.6 Å². The first-order chi connectivity index (χ1) is 11.8. The highest BCUT2D eigenvalue weighted by Gasteiger charge is 2.22. The number of thiophene rings is 1. The van der Waals surface area contributed by atoms with Gasteiger partial charge in [0.15, 0.2) is 5.11 Å². The number of amides is 1. The predicted octanol–water partition coefficient (Wildman–Crippen LogP) is 2.28. The first kappa shape index (κ1) is 18.9. The molecule has 0 fully saturated rings. The molecule has 0 aliphatic carbocycles. The number of methoxy groups -OCH3 is 1. The summed E-state index contributed by atoms with van der Waals surface area (Å²) >= 11 is 6.68. The van der Waals surface area contributed by atoms with E-state index in [1.54, 1.807) is 0 Å². The molecular weight excluding hydrogens is 362 g/mol. The molecule has 0 saturated carbocycles. The van der Waals surface area contributed by atoms with Crippen LogP contribution in [0.2, 0.25) is 0 Å². The van der Waals surface area contributed by atoms with E-state index >= 15 is 0 Å². The van der Waals surface area contributed by atoms with E-state index in [1.807, 2.05) is 20.8 Å². The van der Waals surface area contributed by atoms with Crippen LogP contribution in [0, 0.1) is 13.8 Å².